The topological polar surface area (TPSA) is 162 Å². The number of carboxylic acids is 1. The minimum Gasteiger partial charge on any atom is -0.481 e. The normalized spacial score (nSPS) is 23.5. The molecular weight excluding hydrogens is 322 g/mol. The number of hydrogen-bond donors (Lipinski definition) is 5. The van der Waals surface area contributed by atoms with Crippen LogP contribution in [-0.4, -0.2) is 50.6 Å². The highest BCUT2D eigenvalue weighted by molar-refractivity contribution is 5.97. The standard InChI is InChI=1S/C14H17N3O7/c18-11-4-3-10(14(22)16-11)15-13(21)9-2-1-8(17(23)24)5-7(9)6-12(19)20/h1-2,5,10-11,14,16,18,22H,3-4,6H2,(H,15,21)(H,19,20). The first-order chi connectivity index (χ1) is 11.3. The summed E-state index contributed by atoms with van der Waals surface area (Å²) in [5.41, 5.74) is -0.320. The molecule has 0 bridgehead atoms. The fourth-order valence-electron chi connectivity index (χ4n) is 2.51. The Morgan fingerprint density at radius 2 is 2.04 bits per heavy atom. The minimum atomic E-state index is -1.23. The number of piperidine rings is 1. The van der Waals surface area contributed by atoms with E-state index in [1.165, 1.54) is 6.07 Å². The molecule has 0 spiro atoms. The van der Waals surface area contributed by atoms with Crippen molar-refractivity contribution in [3.63, 3.8) is 0 Å². The number of hydrogen-bond acceptors (Lipinski definition) is 7. The molecule has 1 aliphatic rings. The number of non-ortho nitro benzene ring substituents is 1. The Kier molecular flexibility index (Phi) is 5.44. The van der Waals surface area contributed by atoms with Crippen LogP contribution in [-0.2, 0) is 11.2 Å². The second-order valence-corrected chi connectivity index (χ2v) is 5.45. The van der Waals surface area contributed by atoms with Crippen molar-refractivity contribution in [1.82, 2.24) is 10.6 Å². The van der Waals surface area contributed by atoms with Gasteiger partial charge >= 0.3 is 5.97 Å². The third kappa shape index (κ3) is 4.25. The molecule has 0 saturated carbocycles. The molecule has 3 unspecified atom stereocenters. The lowest BCUT2D eigenvalue weighted by Crippen LogP contribution is -2.56. The zero-order valence-electron chi connectivity index (χ0n) is 12.5. The third-order valence-corrected chi connectivity index (χ3v) is 3.70. The average Bonchev–Trinajstić information content (AvgIpc) is 2.49. The first-order valence-corrected chi connectivity index (χ1v) is 7.20. The number of nitrogens with one attached hydrogen (secondary N) is 2. The van der Waals surface area contributed by atoms with Crippen LogP contribution in [0.2, 0.25) is 0 Å². The third-order valence-electron chi connectivity index (χ3n) is 3.70. The lowest BCUT2D eigenvalue weighted by molar-refractivity contribution is -0.384. The average molecular weight is 339 g/mol. The van der Waals surface area contributed by atoms with Crippen molar-refractivity contribution in [2.45, 2.75) is 37.8 Å². The monoisotopic (exact) mass is 339 g/mol. The van der Waals surface area contributed by atoms with E-state index in [0.29, 0.717) is 12.8 Å². The number of carboxylic acid groups (broad SMARTS) is 1. The zero-order chi connectivity index (χ0) is 17.9. The van der Waals surface area contributed by atoms with Gasteiger partial charge in [-0.15, -0.1) is 0 Å². The molecule has 1 aromatic rings. The number of aliphatic hydroxyl groups is 2. The summed E-state index contributed by atoms with van der Waals surface area (Å²) in [6.45, 7) is 0. The van der Waals surface area contributed by atoms with Gasteiger partial charge in [-0.1, -0.05) is 0 Å². The Labute approximate surface area is 136 Å². The van der Waals surface area contributed by atoms with Gasteiger partial charge in [0.25, 0.3) is 11.6 Å². The summed E-state index contributed by atoms with van der Waals surface area (Å²) in [5.74, 6) is -1.88. The Hall–Kier alpha value is -2.56. The van der Waals surface area contributed by atoms with Crippen molar-refractivity contribution < 1.29 is 29.8 Å². The number of nitro benzene ring substituents is 1. The maximum atomic E-state index is 12.3. The molecule has 1 fully saturated rings. The van der Waals surface area contributed by atoms with Crippen molar-refractivity contribution in [1.29, 1.82) is 0 Å². The van der Waals surface area contributed by atoms with Crippen LogP contribution in [0.25, 0.3) is 0 Å². The molecule has 5 N–H and O–H groups in total. The van der Waals surface area contributed by atoms with E-state index in [1.807, 2.05) is 0 Å². The highest BCUT2D eigenvalue weighted by Crippen LogP contribution is 2.20. The second-order valence-electron chi connectivity index (χ2n) is 5.45. The molecule has 130 valence electrons. The summed E-state index contributed by atoms with van der Waals surface area (Å²) in [4.78, 5) is 33.4. The summed E-state index contributed by atoms with van der Waals surface area (Å²) >= 11 is 0. The number of carbonyl (C=O) groups is 2. The summed E-state index contributed by atoms with van der Waals surface area (Å²) < 4.78 is 0. The van der Waals surface area contributed by atoms with Gasteiger partial charge in [0, 0.05) is 17.7 Å². The highest BCUT2D eigenvalue weighted by atomic mass is 16.6. The van der Waals surface area contributed by atoms with E-state index in [-0.39, 0.29) is 16.8 Å². The van der Waals surface area contributed by atoms with Crippen molar-refractivity contribution in [2.24, 2.45) is 0 Å². The van der Waals surface area contributed by atoms with E-state index >= 15 is 0 Å². The molecule has 1 amide bonds. The first kappa shape index (κ1) is 17.8. The number of aliphatic hydroxyl groups excluding tert-OH is 2. The van der Waals surface area contributed by atoms with E-state index in [4.69, 9.17) is 5.11 Å². The highest BCUT2D eigenvalue weighted by Gasteiger charge is 2.29. The maximum absolute atomic E-state index is 12.3. The lowest BCUT2D eigenvalue weighted by atomic mass is 10.0. The molecule has 10 nitrogen and oxygen atoms in total. The smallest absolute Gasteiger partial charge is 0.307 e. The number of carbonyl (C=O) groups excluding carboxylic acids is 1. The fourth-order valence-corrected chi connectivity index (χ4v) is 2.51. The lowest BCUT2D eigenvalue weighted by Gasteiger charge is -2.32. The number of rotatable bonds is 5. The number of nitro groups is 1. The van der Waals surface area contributed by atoms with Gasteiger partial charge in [-0.2, -0.15) is 0 Å². The van der Waals surface area contributed by atoms with Crippen LogP contribution in [0, 0.1) is 10.1 Å². The summed E-state index contributed by atoms with van der Waals surface area (Å²) in [5, 5.41) is 43.9. The Morgan fingerprint density at radius 1 is 1.33 bits per heavy atom. The van der Waals surface area contributed by atoms with Crippen LogP contribution in [0.3, 0.4) is 0 Å². The maximum Gasteiger partial charge on any atom is 0.307 e. The molecule has 0 radical (unpaired) electrons. The number of benzene rings is 1. The van der Waals surface area contributed by atoms with Gasteiger partial charge in [0.15, 0.2) is 0 Å². The quantitative estimate of drug-likeness (QED) is 0.349. The van der Waals surface area contributed by atoms with Crippen molar-refractivity contribution in [2.75, 3.05) is 0 Å². The largest absolute Gasteiger partial charge is 0.481 e. The van der Waals surface area contributed by atoms with Gasteiger partial charge in [-0.25, -0.2) is 0 Å². The molecule has 1 aliphatic heterocycles. The van der Waals surface area contributed by atoms with Crippen LogP contribution in [0.15, 0.2) is 18.2 Å². The molecule has 1 saturated heterocycles. The predicted octanol–water partition coefficient (Wildman–Crippen LogP) is -0.659. The summed E-state index contributed by atoms with van der Waals surface area (Å²) in [6, 6.07) is 2.67. The van der Waals surface area contributed by atoms with Gasteiger partial charge in [0.2, 0.25) is 0 Å². The van der Waals surface area contributed by atoms with Crippen LogP contribution in [0.1, 0.15) is 28.8 Å². The van der Waals surface area contributed by atoms with Crippen LogP contribution < -0.4 is 10.6 Å². The van der Waals surface area contributed by atoms with Crippen LogP contribution >= 0.6 is 0 Å². The van der Waals surface area contributed by atoms with Gasteiger partial charge in [0.05, 0.1) is 17.4 Å². The van der Waals surface area contributed by atoms with E-state index < -0.39 is 41.7 Å². The van der Waals surface area contributed by atoms with Gasteiger partial charge in [-0.3, -0.25) is 25.0 Å². The minimum absolute atomic E-state index is 0.00694. The van der Waals surface area contributed by atoms with E-state index in [9.17, 15) is 29.9 Å². The zero-order valence-corrected chi connectivity index (χ0v) is 12.5. The van der Waals surface area contributed by atoms with Gasteiger partial charge in [0.1, 0.15) is 12.5 Å². The molecule has 24 heavy (non-hydrogen) atoms. The Balaban J connectivity index is 2.21. The second kappa shape index (κ2) is 7.34. The molecule has 0 aromatic heterocycles. The molecule has 1 aromatic carbocycles. The van der Waals surface area contributed by atoms with E-state index in [1.54, 1.807) is 0 Å². The number of aliphatic carboxylic acids is 1. The molecule has 1 heterocycles. The fraction of sp³-hybridized carbons (Fsp3) is 0.429. The summed E-state index contributed by atoms with van der Waals surface area (Å²) in [6.07, 6.45) is -1.92. The van der Waals surface area contributed by atoms with Gasteiger partial charge in [-0.05, 0) is 24.5 Å². The van der Waals surface area contributed by atoms with E-state index in [2.05, 4.69) is 10.6 Å². The SMILES string of the molecule is O=C(O)Cc1cc([N+](=O)[O-])ccc1C(=O)NC1CCC(O)NC1O. The van der Waals surface area contributed by atoms with Crippen LogP contribution in [0.4, 0.5) is 5.69 Å². The Morgan fingerprint density at radius 3 is 2.62 bits per heavy atom. The predicted molar refractivity (Wildman–Crippen MR) is 80.1 cm³/mol. The summed E-state index contributed by atoms with van der Waals surface area (Å²) in [7, 11) is 0. The molecular formula is C14H17N3O7. The number of nitrogens with zero attached hydrogens (tertiary/aromatic N) is 1. The first-order valence-electron chi connectivity index (χ1n) is 7.20. The number of amides is 1. The Bertz CT molecular complexity index is 664. The van der Waals surface area contributed by atoms with Gasteiger partial charge < -0.3 is 20.6 Å². The van der Waals surface area contributed by atoms with Crippen molar-refractivity contribution in [3.8, 4) is 0 Å². The molecule has 0 aliphatic carbocycles. The van der Waals surface area contributed by atoms with E-state index in [0.717, 1.165) is 12.1 Å². The molecule has 2 rings (SSSR count). The van der Waals surface area contributed by atoms with Crippen LogP contribution in [0.5, 0.6) is 0 Å². The van der Waals surface area contributed by atoms with Crippen molar-refractivity contribution in [3.05, 3.63) is 39.4 Å². The van der Waals surface area contributed by atoms with Crippen molar-refractivity contribution >= 4 is 17.6 Å². The molecule has 10 heteroatoms. The molecule has 3 atom stereocenters.